The zero-order chi connectivity index (χ0) is 18.4. The van der Waals surface area contributed by atoms with Gasteiger partial charge in [-0.15, -0.1) is 22.0 Å². The third kappa shape index (κ3) is 3.30. The van der Waals surface area contributed by atoms with Crippen LogP contribution in [0.2, 0.25) is 0 Å². The number of rotatable bonds is 4. The summed E-state index contributed by atoms with van der Waals surface area (Å²) < 4.78 is 41.2. The number of aryl methyl sites for hydroxylation is 1. The molecule has 9 heteroatoms. The Hall–Kier alpha value is -1.87. The van der Waals surface area contributed by atoms with Gasteiger partial charge >= 0.3 is 6.18 Å². The average molecular weight is 370 g/mol. The van der Waals surface area contributed by atoms with Crippen molar-refractivity contribution in [2.75, 3.05) is 5.75 Å². The van der Waals surface area contributed by atoms with Crippen molar-refractivity contribution in [3.63, 3.8) is 0 Å². The summed E-state index contributed by atoms with van der Waals surface area (Å²) in [5.41, 5.74) is 1.86. The lowest BCUT2D eigenvalue weighted by atomic mass is 10.1. The lowest BCUT2D eigenvalue weighted by molar-refractivity contribution is -0.145. The Morgan fingerprint density at radius 2 is 1.96 bits per heavy atom. The van der Waals surface area contributed by atoms with Crippen LogP contribution in [0.5, 0.6) is 0 Å². The van der Waals surface area contributed by atoms with Crippen molar-refractivity contribution in [3.05, 3.63) is 29.1 Å². The number of halogens is 3. The molecule has 25 heavy (non-hydrogen) atoms. The lowest BCUT2D eigenvalue weighted by Gasteiger charge is -2.13. The van der Waals surface area contributed by atoms with E-state index in [4.69, 9.17) is 0 Å². The van der Waals surface area contributed by atoms with E-state index in [9.17, 15) is 18.3 Å². The molecule has 1 N–H and O–H groups in total. The van der Waals surface area contributed by atoms with Gasteiger partial charge in [0.05, 0.1) is 17.6 Å². The maximum atomic E-state index is 13.4. The van der Waals surface area contributed by atoms with E-state index in [-0.39, 0.29) is 17.8 Å². The molecule has 0 radical (unpaired) electrons. The normalized spacial score (nSPS) is 12.6. The molecule has 2 aromatic heterocycles. The SMILES string of the molecule is Cc1cc(CO)c2nc(SCC(C)C)c3nnc(C(F)(F)F)n3c2c1. The van der Waals surface area contributed by atoms with Gasteiger partial charge in [-0.3, -0.25) is 4.40 Å². The highest BCUT2D eigenvalue weighted by Crippen LogP contribution is 2.34. The van der Waals surface area contributed by atoms with E-state index >= 15 is 0 Å². The summed E-state index contributed by atoms with van der Waals surface area (Å²) in [6.07, 6.45) is -4.64. The fourth-order valence-electron chi connectivity index (χ4n) is 2.58. The Morgan fingerprint density at radius 1 is 1.24 bits per heavy atom. The lowest BCUT2D eigenvalue weighted by Crippen LogP contribution is -2.12. The smallest absolute Gasteiger partial charge is 0.392 e. The molecule has 0 atom stereocenters. The van der Waals surface area contributed by atoms with E-state index in [2.05, 4.69) is 15.2 Å². The fourth-order valence-corrected chi connectivity index (χ4v) is 3.49. The highest BCUT2D eigenvalue weighted by atomic mass is 32.2. The Kier molecular flexibility index (Phi) is 4.63. The van der Waals surface area contributed by atoms with E-state index in [1.807, 2.05) is 13.8 Å². The first-order valence-corrected chi connectivity index (χ1v) is 8.70. The minimum atomic E-state index is -4.64. The van der Waals surface area contributed by atoms with Gasteiger partial charge in [-0.2, -0.15) is 13.2 Å². The summed E-state index contributed by atoms with van der Waals surface area (Å²) in [4.78, 5) is 4.49. The van der Waals surface area contributed by atoms with Gasteiger partial charge in [0.2, 0.25) is 5.82 Å². The van der Waals surface area contributed by atoms with Crippen molar-refractivity contribution in [1.82, 2.24) is 19.6 Å². The number of fused-ring (bicyclic) bond motifs is 3. The Bertz CT molecular complexity index is 937. The molecule has 0 bridgehead atoms. The summed E-state index contributed by atoms with van der Waals surface area (Å²) in [6.45, 7) is 5.47. The van der Waals surface area contributed by atoms with Crippen LogP contribution in [0.25, 0.3) is 16.7 Å². The van der Waals surface area contributed by atoms with Crippen LogP contribution in [0.15, 0.2) is 17.2 Å². The van der Waals surface area contributed by atoms with Crippen molar-refractivity contribution in [1.29, 1.82) is 0 Å². The van der Waals surface area contributed by atoms with Gasteiger partial charge in [-0.25, -0.2) is 4.98 Å². The maximum absolute atomic E-state index is 13.4. The number of aliphatic hydroxyl groups excluding tert-OH is 1. The minimum absolute atomic E-state index is 0.0833. The zero-order valence-electron chi connectivity index (χ0n) is 13.9. The quantitative estimate of drug-likeness (QED) is 0.707. The van der Waals surface area contributed by atoms with Gasteiger partial charge < -0.3 is 5.11 Å². The number of alkyl halides is 3. The van der Waals surface area contributed by atoms with Gasteiger partial charge in [0.25, 0.3) is 0 Å². The monoisotopic (exact) mass is 370 g/mol. The van der Waals surface area contributed by atoms with E-state index in [0.717, 1.165) is 9.96 Å². The van der Waals surface area contributed by atoms with Crippen molar-refractivity contribution in [2.45, 2.75) is 38.6 Å². The third-order valence-corrected chi connectivity index (χ3v) is 4.98. The number of hydrogen-bond donors (Lipinski definition) is 1. The summed E-state index contributed by atoms with van der Waals surface area (Å²) in [5, 5.41) is 17.1. The Balaban J connectivity index is 2.40. The predicted molar refractivity (Wildman–Crippen MR) is 89.5 cm³/mol. The first kappa shape index (κ1) is 17.9. The molecule has 0 saturated heterocycles. The van der Waals surface area contributed by atoms with Crippen LogP contribution in [0.1, 0.15) is 30.8 Å². The second kappa shape index (κ2) is 6.45. The number of aromatic nitrogens is 4. The van der Waals surface area contributed by atoms with Crippen LogP contribution in [-0.4, -0.2) is 30.4 Å². The van der Waals surface area contributed by atoms with E-state index in [1.54, 1.807) is 19.1 Å². The maximum Gasteiger partial charge on any atom is 0.452 e. The van der Waals surface area contributed by atoms with Gasteiger partial charge in [-0.05, 0) is 24.5 Å². The molecule has 3 rings (SSSR count). The van der Waals surface area contributed by atoms with Crippen molar-refractivity contribution in [3.8, 4) is 0 Å². The second-order valence-corrected chi connectivity index (χ2v) is 7.26. The van der Waals surface area contributed by atoms with Gasteiger partial charge in [0, 0.05) is 11.3 Å². The van der Waals surface area contributed by atoms with Gasteiger partial charge in [0.1, 0.15) is 5.03 Å². The van der Waals surface area contributed by atoms with E-state index in [1.165, 1.54) is 11.8 Å². The van der Waals surface area contributed by atoms with Crippen molar-refractivity contribution < 1.29 is 18.3 Å². The minimum Gasteiger partial charge on any atom is -0.392 e. The summed E-state index contributed by atoms with van der Waals surface area (Å²) in [6, 6.07) is 3.32. The summed E-state index contributed by atoms with van der Waals surface area (Å²) >= 11 is 1.34. The van der Waals surface area contributed by atoms with Crippen LogP contribution in [-0.2, 0) is 12.8 Å². The molecule has 5 nitrogen and oxygen atoms in total. The molecule has 3 aromatic rings. The molecule has 0 aliphatic rings. The average Bonchev–Trinajstić information content (AvgIpc) is 2.97. The van der Waals surface area contributed by atoms with Crippen molar-refractivity contribution in [2.24, 2.45) is 5.92 Å². The summed E-state index contributed by atoms with van der Waals surface area (Å²) in [5.74, 6) is -0.0680. The number of benzene rings is 1. The molecule has 1 aromatic carbocycles. The number of hydrogen-bond acceptors (Lipinski definition) is 5. The molecular weight excluding hydrogens is 353 g/mol. The third-order valence-electron chi connectivity index (χ3n) is 3.60. The summed E-state index contributed by atoms with van der Waals surface area (Å²) in [7, 11) is 0. The van der Waals surface area contributed by atoms with Crippen LogP contribution < -0.4 is 0 Å². The van der Waals surface area contributed by atoms with Crippen LogP contribution in [0.4, 0.5) is 13.2 Å². The highest BCUT2D eigenvalue weighted by Gasteiger charge is 2.38. The Labute approximate surface area is 146 Å². The molecule has 0 saturated carbocycles. The molecule has 2 heterocycles. The molecule has 0 spiro atoms. The topological polar surface area (TPSA) is 63.3 Å². The fraction of sp³-hybridized carbons (Fsp3) is 0.438. The van der Waals surface area contributed by atoms with Crippen molar-refractivity contribution >= 4 is 28.4 Å². The molecule has 0 aliphatic heterocycles. The van der Waals surface area contributed by atoms with Gasteiger partial charge in [-0.1, -0.05) is 19.9 Å². The molecule has 0 unspecified atom stereocenters. The van der Waals surface area contributed by atoms with Crippen LogP contribution in [0.3, 0.4) is 0 Å². The van der Waals surface area contributed by atoms with Crippen LogP contribution >= 0.6 is 11.8 Å². The second-order valence-electron chi connectivity index (χ2n) is 6.25. The standard InChI is InChI=1S/C16H17F3N4OS/c1-8(2)7-25-14-13-21-22-15(16(17,18)19)23(13)11-5-9(3)4-10(6-24)12(11)20-14/h4-5,8,24H,6-7H2,1-3H3. The number of nitrogens with zero attached hydrogens (tertiary/aromatic N) is 4. The molecule has 0 amide bonds. The molecule has 134 valence electrons. The van der Waals surface area contributed by atoms with E-state index in [0.29, 0.717) is 27.8 Å². The molecule has 0 aliphatic carbocycles. The highest BCUT2D eigenvalue weighted by molar-refractivity contribution is 7.99. The first-order valence-electron chi connectivity index (χ1n) is 7.71. The molecular formula is C16H17F3N4OS. The number of thioether (sulfide) groups is 1. The van der Waals surface area contributed by atoms with Crippen LogP contribution in [0, 0.1) is 12.8 Å². The number of aliphatic hydroxyl groups is 1. The molecule has 0 fully saturated rings. The Morgan fingerprint density at radius 3 is 2.56 bits per heavy atom. The first-order chi connectivity index (χ1) is 11.7. The van der Waals surface area contributed by atoms with E-state index < -0.39 is 12.0 Å². The predicted octanol–water partition coefficient (Wildman–Crippen LogP) is 3.85. The zero-order valence-corrected chi connectivity index (χ0v) is 14.7. The van der Waals surface area contributed by atoms with Gasteiger partial charge in [0.15, 0.2) is 5.65 Å². The largest absolute Gasteiger partial charge is 0.452 e.